The number of hydrogen-bond donors (Lipinski definition) is 0. The molecule has 0 saturated heterocycles. The lowest BCUT2D eigenvalue weighted by Gasteiger charge is -2.04. The van der Waals surface area contributed by atoms with Crippen molar-refractivity contribution in [3.05, 3.63) is 28.0 Å². The molecule has 1 aromatic heterocycles. The summed E-state index contributed by atoms with van der Waals surface area (Å²) >= 11 is 3.32. The molecule has 0 aliphatic heterocycles. The van der Waals surface area contributed by atoms with Gasteiger partial charge in [0.15, 0.2) is 0 Å². The standard InChI is InChI=1S/C10H12BrNO2/c1-3-7-5-9(11)8(6-12-7)10(13)14-4-2/h5-6H,3-4H2,1-2H3. The maximum absolute atomic E-state index is 11.4. The fourth-order valence-corrected chi connectivity index (χ4v) is 1.55. The van der Waals surface area contributed by atoms with Crippen molar-refractivity contribution in [3.63, 3.8) is 0 Å². The molecule has 1 rings (SSSR count). The van der Waals surface area contributed by atoms with Crippen LogP contribution in [-0.4, -0.2) is 17.6 Å². The second-order valence-corrected chi connectivity index (χ2v) is 3.58. The van der Waals surface area contributed by atoms with Crippen molar-refractivity contribution in [3.8, 4) is 0 Å². The second-order valence-electron chi connectivity index (χ2n) is 2.73. The number of pyridine rings is 1. The molecule has 0 N–H and O–H groups in total. The fraction of sp³-hybridized carbons (Fsp3) is 0.400. The highest BCUT2D eigenvalue weighted by molar-refractivity contribution is 9.10. The maximum Gasteiger partial charge on any atom is 0.340 e. The first-order valence-corrected chi connectivity index (χ1v) is 5.29. The molecule has 0 unspecified atom stereocenters. The predicted octanol–water partition coefficient (Wildman–Crippen LogP) is 2.58. The van der Waals surface area contributed by atoms with E-state index in [1.807, 2.05) is 13.0 Å². The smallest absolute Gasteiger partial charge is 0.340 e. The molecule has 14 heavy (non-hydrogen) atoms. The van der Waals surface area contributed by atoms with E-state index in [2.05, 4.69) is 20.9 Å². The number of carbonyl (C=O) groups excluding carboxylic acids is 1. The first kappa shape index (κ1) is 11.2. The van der Waals surface area contributed by atoms with E-state index in [1.54, 1.807) is 13.1 Å². The summed E-state index contributed by atoms with van der Waals surface area (Å²) in [6.45, 7) is 4.17. The van der Waals surface area contributed by atoms with Gasteiger partial charge in [0.2, 0.25) is 0 Å². The summed E-state index contributed by atoms with van der Waals surface area (Å²) in [4.78, 5) is 15.5. The molecule has 0 atom stereocenters. The molecule has 0 bridgehead atoms. The Hall–Kier alpha value is -0.900. The van der Waals surface area contributed by atoms with Gasteiger partial charge in [-0.1, -0.05) is 6.92 Å². The SMILES string of the molecule is CCOC(=O)c1cnc(CC)cc1Br. The van der Waals surface area contributed by atoms with E-state index in [1.165, 1.54) is 0 Å². The van der Waals surface area contributed by atoms with Crippen LogP contribution in [-0.2, 0) is 11.2 Å². The Kier molecular flexibility index (Phi) is 4.07. The Morgan fingerprint density at radius 3 is 2.79 bits per heavy atom. The quantitative estimate of drug-likeness (QED) is 0.782. The van der Waals surface area contributed by atoms with Gasteiger partial charge in [0.25, 0.3) is 0 Å². The van der Waals surface area contributed by atoms with Crippen molar-refractivity contribution in [2.24, 2.45) is 0 Å². The normalized spacial score (nSPS) is 9.93. The van der Waals surface area contributed by atoms with Gasteiger partial charge in [-0.2, -0.15) is 0 Å². The monoisotopic (exact) mass is 257 g/mol. The van der Waals surface area contributed by atoms with E-state index < -0.39 is 0 Å². The third-order valence-corrected chi connectivity index (χ3v) is 2.42. The average molecular weight is 258 g/mol. The van der Waals surface area contributed by atoms with E-state index in [0.29, 0.717) is 12.2 Å². The fourth-order valence-electron chi connectivity index (χ4n) is 1.02. The van der Waals surface area contributed by atoms with Crippen LogP contribution in [0.4, 0.5) is 0 Å². The third-order valence-electron chi connectivity index (χ3n) is 1.77. The van der Waals surface area contributed by atoms with Gasteiger partial charge in [-0.3, -0.25) is 4.98 Å². The molecule has 76 valence electrons. The Labute approximate surface area is 91.6 Å². The lowest BCUT2D eigenvalue weighted by Crippen LogP contribution is -2.06. The van der Waals surface area contributed by atoms with Gasteiger partial charge in [0.05, 0.1) is 12.2 Å². The molecule has 0 spiro atoms. The van der Waals surface area contributed by atoms with Crippen LogP contribution in [0.5, 0.6) is 0 Å². The van der Waals surface area contributed by atoms with E-state index in [9.17, 15) is 4.79 Å². The third kappa shape index (κ3) is 2.54. The Balaban J connectivity index is 2.94. The number of halogens is 1. The molecular formula is C10H12BrNO2. The van der Waals surface area contributed by atoms with Crippen LogP contribution >= 0.6 is 15.9 Å². The lowest BCUT2D eigenvalue weighted by atomic mass is 10.2. The van der Waals surface area contributed by atoms with Crippen LogP contribution in [0, 0.1) is 0 Å². The summed E-state index contributed by atoms with van der Waals surface area (Å²) in [6, 6.07) is 1.84. The lowest BCUT2D eigenvalue weighted by molar-refractivity contribution is 0.0525. The zero-order valence-electron chi connectivity index (χ0n) is 8.21. The van der Waals surface area contributed by atoms with Crippen molar-refractivity contribution in [2.45, 2.75) is 20.3 Å². The summed E-state index contributed by atoms with van der Waals surface area (Å²) in [5.74, 6) is -0.338. The average Bonchev–Trinajstić information content (AvgIpc) is 2.17. The maximum atomic E-state index is 11.4. The zero-order chi connectivity index (χ0) is 10.6. The van der Waals surface area contributed by atoms with Crippen molar-refractivity contribution >= 4 is 21.9 Å². The van der Waals surface area contributed by atoms with Gasteiger partial charge in [-0.15, -0.1) is 0 Å². The van der Waals surface area contributed by atoms with Crippen LogP contribution in [0.25, 0.3) is 0 Å². The number of nitrogens with zero attached hydrogens (tertiary/aromatic N) is 1. The van der Waals surface area contributed by atoms with E-state index in [4.69, 9.17) is 4.74 Å². The first-order chi connectivity index (χ1) is 6.69. The highest BCUT2D eigenvalue weighted by atomic mass is 79.9. The van der Waals surface area contributed by atoms with Gasteiger partial charge in [-0.25, -0.2) is 4.79 Å². The van der Waals surface area contributed by atoms with Crippen molar-refractivity contribution in [1.82, 2.24) is 4.98 Å². The molecular weight excluding hydrogens is 246 g/mol. The van der Waals surface area contributed by atoms with Crippen molar-refractivity contribution < 1.29 is 9.53 Å². The first-order valence-electron chi connectivity index (χ1n) is 4.50. The van der Waals surface area contributed by atoms with E-state index in [-0.39, 0.29) is 5.97 Å². The number of ether oxygens (including phenoxy) is 1. The number of hydrogen-bond acceptors (Lipinski definition) is 3. The topological polar surface area (TPSA) is 39.2 Å². The molecule has 3 nitrogen and oxygen atoms in total. The molecule has 1 aromatic rings. The molecule has 4 heteroatoms. The summed E-state index contributed by atoms with van der Waals surface area (Å²) in [6.07, 6.45) is 2.39. The molecule has 0 aliphatic rings. The highest BCUT2D eigenvalue weighted by Gasteiger charge is 2.11. The molecule has 0 saturated carbocycles. The minimum absolute atomic E-state index is 0.338. The largest absolute Gasteiger partial charge is 0.462 e. The predicted molar refractivity (Wildman–Crippen MR) is 57.3 cm³/mol. The Bertz CT molecular complexity index is 339. The second kappa shape index (κ2) is 5.10. The van der Waals surface area contributed by atoms with Crippen LogP contribution in [0.2, 0.25) is 0 Å². The number of rotatable bonds is 3. The summed E-state index contributed by atoms with van der Waals surface area (Å²) < 4.78 is 5.61. The van der Waals surface area contributed by atoms with E-state index >= 15 is 0 Å². The minimum Gasteiger partial charge on any atom is -0.462 e. The molecule has 0 aromatic carbocycles. The molecule has 0 radical (unpaired) electrons. The van der Waals surface area contributed by atoms with E-state index in [0.717, 1.165) is 16.6 Å². The van der Waals surface area contributed by atoms with Crippen LogP contribution < -0.4 is 0 Å². The summed E-state index contributed by atoms with van der Waals surface area (Å²) in [5, 5.41) is 0. The Morgan fingerprint density at radius 2 is 2.29 bits per heavy atom. The number of aryl methyl sites for hydroxylation is 1. The van der Waals surface area contributed by atoms with Gasteiger partial charge >= 0.3 is 5.97 Å². The number of carbonyl (C=O) groups is 1. The molecule has 0 fully saturated rings. The zero-order valence-corrected chi connectivity index (χ0v) is 9.80. The molecule has 0 aliphatic carbocycles. The number of aromatic nitrogens is 1. The summed E-state index contributed by atoms with van der Waals surface area (Å²) in [5.41, 5.74) is 1.42. The van der Waals surface area contributed by atoms with Gasteiger partial charge < -0.3 is 4.74 Å². The Morgan fingerprint density at radius 1 is 1.57 bits per heavy atom. The van der Waals surface area contributed by atoms with Crippen LogP contribution in [0.3, 0.4) is 0 Å². The van der Waals surface area contributed by atoms with Gasteiger partial charge in [0, 0.05) is 16.4 Å². The molecule has 1 heterocycles. The van der Waals surface area contributed by atoms with Crippen LogP contribution in [0.1, 0.15) is 29.9 Å². The summed E-state index contributed by atoms with van der Waals surface area (Å²) in [7, 11) is 0. The minimum atomic E-state index is -0.338. The van der Waals surface area contributed by atoms with Gasteiger partial charge in [0.1, 0.15) is 0 Å². The van der Waals surface area contributed by atoms with Crippen molar-refractivity contribution in [2.75, 3.05) is 6.61 Å². The van der Waals surface area contributed by atoms with Crippen LogP contribution in [0.15, 0.2) is 16.7 Å². The van der Waals surface area contributed by atoms with Crippen molar-refractivity contribution in [1.29, 1.82) is 0 Å². The van der Waals surface area contributed by atoms with Gasteiger partial charge in [-0.05, 0) is 35.3 Å². The molecule has 0 amide bonds. The number of esters is 1. The highest BCUT2D eigenvalue weighted by Crippen LogP contribution is 2.17.